The van der Waals surface area contributed by atoms with Crippen molar-refractivity contribution in [2.75, 3.05) is 0 Å². The number of carbonyl (C=O) groups excluding carboxylic acids is 1. The second-order valence-corrected chi connectivity index (χ2v) is 4.58. The molecule has 1 rings (SSSR count). The number of hydrogen-bond acceptors (Lipinski definition) is 2. The smallest absolute Gasteiger partial charge is 0.153 e. The van der Waals surface area contributed by atoms with Crippen LogP contribution in [-0.4, -0.2) is 16.1 Å². The maximum Gasteiger partial charge on any atom is 0.153 e. The number of aryl methyl sites for hydroxylation is 2. The summed E-state index contributed by atoms with van der Waals surface area (Å²) in [6, 6.07) is 0. The van der Waals surface area contributed by atoms with E-state index in [1.54, 1.807) is 0 Å². The van der Waals surface area contributed by atoms with Crippen LogP contribution in [0.25, 0.3) is 0 Å². The molecule has 0 N–H and O–H groups in total. The molecule has 0 spiro atoms. The number of aromatic nitrogens is 2. The van der Waals surface area contributed by atoms with E-state index in [0.29, 0.717) is 0 Å². The van der Waals surface area contributed by atoms with E-state index in [1.165, 1.54) is 25.7 Å². The first-order valence-corrected chi connectivity index (χ1v) is 6.83. The quantitative estimate of drug-likeness (QED) is 0.485. The number of hydrogen-bond donors (Lipinski definition) is 0. The lowest BCUT2D eigenvalue weighted by molar-refractivity contribution is 0.112. The van der Waals surface area contributed by atoms with Crippen LogP contribution in [0.5, 0.6) is 0 Å². The third-order valence-electron chi connectivity index (χ3n) is 3.01. The lowest BCUT2D eigenvalue weighted by atomic mass is 10.1. The Kier molecular flexibility index (Phi) is 6.60. The molecule has 0 amide bonds. The summed E-state index contributed by atoms with van der Waals surface area (Å²) in [6.07, 6.45) is 10.9. The van der Waals surface area contributed by atoms with E-state index >= 15 is 0 Å². The molecule has 0 saturated heterocycles. The molecule has 0 aliphatic rings. The summed E-state index contributed by atoms with van der Waals surface area (Å²) < 4.78 is 1.93. The van der Waals surface area contributed by atoms with E-state index in [4.69, 9.17) is 0 Å². The Labute approximate surface area is 104 Å². The Bertz CT molecular complexity index is 331. The first-order chi connectivity index (χ1) is 8.31. The van der Waals surface area contributed by atoms with Gasteiger partial charge in [0.25, 0.3) is 0 Å². The zero-order valence-corrected chi connectivity index (χ0v) is 11.1. The van der Waals surface area contributed by atoms with Crippen LogP contribution in [0.2, 0.25) is 0 Å². The molecule has 0 bridgehead atoms. The maximum atomic E-state index is 10.9. The van der Waals surface area contributed by atoms with Gasteiger partial charge in [-0.25, -0.2) is 0 Å². The summed E-state index contributed by atoms with van der Waals surface area (Å²) in [5.74, 6) is 0. The Morgan fingerprint density at radius 2 is 1.88 bits per heavy atom. The van der Waals surface area contributed by atoms with Crippen molar-refractivity contribution in [1.29, 1.82) is 0 Å². The van der Waals surface area contributed by atoms with Crippen molar-refractivity contribution >= 4 is 6.29 Å². The van der Waals surface area contributed by atoms with Crippen LogP contribution in [0.4, 0.5) is 0 Å². The zero-order chi connectivity index (χ0) is 12.5. The molecule has 96 valence electrons. The Morgan fingerprint density at radius 1 is 1.18 bits per heavy atom. The van der Waals surface area contributed by atoms with E-state index < -0.39 is 0 Å². The highest BCUT2D eigenvalue weighted by atomic mass is 16.1. The zero-order valence-electron chi connectivity index (χ0n) is 11.1. The molecule has 0 radical (unpaired) electrons. The first kappa shape index (κ1) is 13.9. The molecule has 1 heterocycles. The van der Waals surface area contributed by atoms with Crippen molar-refractivity contribution in [3.05, 3.63) is 17.5 Å². The van der Waals surface area contributed by atoms with Gasteiger partial charge in [-0.15, -0.1) is 0 Å². The Hall–Kier alpha value is -1.12. The van der Waals surface area contributed by atoms with Crippen molar-refractivity contribution in [3.63, 3.8) is 0 Å². The molecule has 0 saturated carbocycles. The molecule has 3 nitrogen and oxygen atoms in total. The first-order valence-electron chi connectivity index (χ1n) is 6.83. The van der Waals surface area contributed by atoms with Gasteiger partial charge in [0, 0.05) is 12.7 Å². The lowest BCUT2D eigenvalue weighted by Gasteiger charge is -1.99. The van der Waals surface area contributed by atoms with Gasteiger partial charge in [0.2, 0.25) is 0 Å². The highest BCUT2D eigenvalue weighted by Gasteiger charge is 2.07. The lowest BCUT2D eigenvalue weighted by Crippen LogP contribution is -1.99. The van der Waals surface area contributed by atoms with Gasteiger partial charge in [0.1, 0.15) is 0 Å². The summed E-state index contributed by atoms with van der Waals surface area (Å²) in [5, 5.41) is 4.51. The van der Waals surface area contributed by atoms with Crippen LogP contribution in [0.3, 0.4) is 0 Å². The largest absolute Gasteiger partial charge is 0.298 e. The minimum Gasteiger partial charge on any atom is -0.298 e. The van der Waals surface area contributed by atoms with Crippen LogP contribution in [0, 0.1) is 0 Å². The van der Waals surface area contributed by atoms with Crippen LogP contribution in [-0.2, 0) is 13.0 Å². The van der Waals surface area contributed by atoms with Crippen molar-refractivity contribution in [2.24, 2.45) is 0 Å². The second kappa shape index (κ2) is 8.04. The van der Waals surface area contributed by atoms with E-state index in [1.807, 2.05) is 10.9 Å². The van der Waals surface area contributed by atoms with Gasteiger partial charge in [-0.1, -0.05) is 39.5 Å². The van der Waals surface area contributed by atoms with Crippen molar-refractivity contribution < 1.29 is 4.79 Å². The highest BCUT2D eigenvalue weighted by Crippen LogP contribution is 2.10. The van der Waals surface area contributed by atoms with Gasteiger partial charge in [-0.05, 0) is 19.3 Å². The maximum absolute atomic E-state index is 10.9. The molecular formula is C14H24N2O. The van der Waals surface area contributed by atoms with Gasteiger partial charge in [-0.2, -0.15) is 5.10 Å². The number of nitrogens with zero attached hydrogens (tertiary/aromatic N) is 2. The van der Waals surface area contributed by atoms with E-state index in [2.05, 4.69) is 18.9 Å². The number of unbranched alkanes of at least 4 members (excludes halogenated alkanes) is 4. The Morgan fingerprint density at radius 3 is 2.53 bits per heavy atom. The number of aldehydes is 1. The number of carbonyl (C=O) groups is 1. The molecule has 1 aromatic heterocycles. The fourth-order valence-electron chi connectivity index (χ4n) is 1.95. The average molecular weight is 236 g/mol. The van der Waals surface area contributed by atoms with Gasteiger partial charge < -0.3 is 0 Å². The summed E-state index contributed by atoms with van der Waals surface area (Å²) >= 11 is 0. The molecular weight excluding hydrogens is 212 g/mol. The normalized spacial score (nSPS) is 10.7. The van der Waals surface area contributed by atoms with Crippen molar-refractivity contribution in [1.82, 2.24) is 9.78 Å². The highest BCUT2D eigenvalue weighted by molar-refractivity contribution is 5.75. The molecule has 0 fully saturated rings. The fraction of sp³-hybridized carbons (Fsp3) is 0.714. The third kappa shape index (κ3) is 4.72. The molecule has 0 aliphatic carbocycles. The standard InChI is InChI=1S/C14H24N2O/c1-3-5-7-9-14-13(12-17)11-16(15-14)10-8-6-4-2/h11-12H,3-10H2,1-2H3. The third-order valence-corrected chi connectivity index (χ3v) is 3.01. The van der Waals surface area contributed by atoms with Crippen LogP contribution >= 0.6 is 0 Å². The van der Waals surface area contributed by atoms with Gasteiger partial charge in [0.15, 0.2) is 6.29 Å². The van der Waals surface area contributed by atoms with Crippen LogP contribution in [0.15, 0.2) is 6.20 Å². The second-order valence-electron chi connectivity index (χ2n) is 4.58. The molecule has 0 aromatic carbocycles. The van der Waals surface area contributed by atoms with E-state index in [9.17, 15) is 4.79 Å². The SMILES string of the molecule is CCCCCc1nn(CCCCC)cc1C=O. The van der Waals surface area contributed by atoms with Crippen molar-refractivity contribution in [3.8, 4) is 0 Å². The molecule has 0 unspecified atom stereocenters. The summed E-state index contributed by atoms with van der Waals surface area (Å²) in [5.41, 5.74) is 1.75. The van der Waals surface area contributed by atoms with E-state index in [0.717, 1.165) is 43.4 Å². The van der Waals surface area contributed by atoms with Crippen molar-refractivity contribution in [2.45, 2.75) is 65.3 Å². The van der Waals surface area contributed by atoms with Gasteiger partial charge >= 0.3 is 0 Å². The fourth-order valence-corrected chi connectivity index (χ4v) is 1.95. The predicted molar refractivity (Wildman–Crippen MR) is 70.4 cm³/mol. The molecule has 0 atom stereocenters. The summed E-state index contributed by atoms with van der Waals surface area (Å²) in [4.78, 5) is 10.9. The minimum absolute atomic E-state index is 0.776. The van der Waals surface area contributed by atoms with Crippen LogP contribution < -0.4 is 0 Å². The predicted octanol–water partition coefficient (Wildman–Crippen LogP) is 3.62. The summed E-state index contributed by atoms with van der Waals surface area (Å²) in [7, 11) is 0. The average Bonchev–Trinajstić information content (AvgIpc) is 2.72. The van der Waals surface area contributed by atoms with Crippen LogP contribution in [0.1, 0.15) is 68.4 Å². The number of rotatable bonds is 9. The Balaban J connectivity index is 2.53. The minimum atomic E-state index is 0.776. The molecule has 3 heteroatoms. The van der Waals surface area contributed by atoms with E-state index in [-0.39, 0.29) is 0 Å². The van der Waals surface area contributed by atoms with Gasteiger partial charge in [-0.3, -0.25) is 9.48 Å². The summed E-state index contributed by atoms with van der Waals surface area (Å²) in [6.45, 7) is 5.31. The van der Waals surface area contributed by atoms with Gasteiger partial charge in [0.05, 0.1) is 11.3 Å². The topological polar surface area (TPSA) is 34.9 Å². The molecule has 0 aliphatic heterocycles. The molecule has 17 heavy (non-hydrogen) atoms. The molecule has 1 aromatic rings. The monoisotopic (exact) mass is 236 g/mol.